The number of nitrogens with two attached hydrogens (primary N) is 1. The Morgan fingerprint density at radius 1 is 1.32 bits per heavy atom. The molecular formula is C14H26N3O2+. The van der Waals surface area contributed by atoms with Crippen LogP contribution in [0.1, 0.15) is 39.5 Å². The summed E-state index contributed by atoms with van der Waals surface area (Å²) >= 11 is 0. The number of hydrogen-bond acceptors (Lipinski definition) is 3. The Morgan fingerprint density at radius 3 is 2.47 bits per heavy atom. The molecule has 5 heteroatoms. The van der Waals surface area contributed by atoms with Crippen LogP contribution >= 0.6 is 0 Å². The maximum absolute atomic E-state index is 12.9. The van der Waals surface area contributed by atoms with Gasteiger partial charge in [-0.3, -0.25) is 9.28 Å². The molecule has 0 radical (unpaired) electrons. The standard InChI is InChI=1S/C14H25N3O2/c1-10(2)17(11-5-7-16-8-6-11)9-3-4-12(13(15)18)14(17)19/h10-12,16H,3-9H2,1-2H3,(H-,15,18)/p+1. The van der Waals surface area contributed by atoms with Crippen LogP contribution < -0.4 is 11.1 Å². The highest BCUT2D eigenvalue weighted by molar-refractivity contribution is 5.97. The van der Waals surface area contributed by atoms with E-state index in [0.29, 0.717) is 16.9 Å². The molecule has 2 atom stereocenters. The number of quaternary nitrogens is 1. The molecule has 0 aromatic carbocycles. The second kappa shape index (κ2) is 5.59. The Balaban J connectivity index is 2.31. The predicted octanol–water partition coefficient (Wildman–Crippen LogP) is 0.386. The smallest absolute Gasteiger partial charge is 0.326 e. The Bertz CT molecular complexity index is 364. The first-order chi connectivity index (χ1) is 9.00. The van der Waals surface area contributed by atoms with E-state index in [1.165, 1.54) is 0 Å². The third-order valence-corrected chi connectivity index (χ3v) is 4.95. The van der Waals surface area contributed by atoms with Crippen LogP contribution in [0, 0.1) is 5.92 Å². The average Bonchev–Trinajstić information content (AvgIpc) is 2.39. The van der Waals surface area contributed by atoms with E-state index in [2.05, 4.69) is 19.2 Å². The zero-order valence-electron chi connectivity index (χ0n) is 12.0. The summed E-state index contributed by atoms with van der Waals surface area (Å²) in [7, 11) is 0. The number of nitrogens with zero attached hydrogens (tertiary/aromatic N) is 1. The third kappa shape index (κ3) is 2.41. The van der Waals surface area contributed by atoms with E-state index < -0.39 is 11.8 Å². The molecular weight excluding hydrogens is 242 g/mol. The lowest BCUT2D eigenvalue weighted by molar-refractivity contribution is -0.905. The van der Waals surface area contributed by atoms with Crippen molar-refractivity contribution >= 4 is 11.8 Å². The number of carbonyl (C=O) groups is 2. The van der Waals surface area contributed by atoms with Crippen molar-refractivity contribution in [1.29, 1.82) is 0 Å². The Hall–Kier alpha value is -0.940. The van der Waals surface area contributed by atoms with E-state index in [-0.39, 0.29) is 11.9 Å². The highest BCUT2D eigenvalue weighted by Gasteiger charge is 2.53. The summed E-state index contributed by atoms with van der Waals surface area (Å²) < 4.78 is 0.468. The van der Waals surface area contributed by atoms with Crippen LogP contribution in [-0.4, -0.2) is 48.0 Å². The van der Waals surface area contributed by atoms with Gasteiger partial charge in [0.1, 0.15) is 0 Å². The molecule has 2 saturated heterocycles. The van der Waals surface area contributed by atoms with E-state index in [1.807, 2.05) is 0 Å². The number of rotatable bonds is 3. The minimum Gasteiger partial charge on any atom is -0.369 e. The molecule has 2 fully saturated rings. The zero-order valence-corrected chi connectivity index (χ0v) is 12.0. The Morgan fingerprint density at radius 2 is 1.95 bits per heavy atom. The van der Waals surface area contributed by atoms with Crippen molar-refractivity contribution in [3.05, 3.63) is 0 Å². The summed E-state index contributed by atoms with van der Waals surface area (Å²) in [5.41, 5.74) is 5.43. The average molecular weight is 268 g/mol. The summed E-state index contributed by atoms with van der Waals surface area (Å²) in [4.78, 5) is 24.4. The first-order valence-electron chi connectivity index (χ1n) is 7.42. The van der Waals surface area contributed by atoms with Gasteiger partial charge in [-0.1, -0.05) is 0 Å². The van der Waals surface area contributed by atoms with Crippen molar-refractivity contribution in [3.63, 3.8) is 0 Å². The second-order valence-electron chi connectivity index (χ2n) is 6.16. The van der Waals surface area contributed by atoms with Gasteiger partial charge in [0.2, 0.25) is 5.91 Å². The van der Waals surface area contributed by atoms with Crippen LogP contribution in [0.2, 0.25) is 0 Å². The van der Waals surface area contributed by atoms with E-state index in [1.54, 1.807) is 0 Å². The molecule has 5 nitrogen and oxygen atoms in total. The number of piperidine rings is 2. The molecule has 2 amide bonds. The third-order valence-electron chi connectivity index (χ3n) is 4.95. The fourth-order valence-corrected chi connectivity index (χ4v) is 3.91. The van der Waals surface area contributed by atoms with Crippen LogP contribution in [0.4, 0.5) is 0 Å². The molecule has 0 aliphatic carbocycles. The highest BCUT2D eigenvalue weighted by Crippen LogP contribution is 2.34. The van der Waals surface area contributed by atoms with Crippen LogP contribution in [0.3, 0.4) is 0 Å². The van der Waals surface area contributed by atoms with E-state index >= 15 is 0 Å². The van der Waals surface area contributed by atoms with Crippen molar-refractivity contribution in [2.45, 2.75) is 51.6 Å². The van der Waals surface area contributed by atoms with Gasteiger partial charge < -0.3 is 11.1 Å². The van der Waals surface area contributed by atoms with Crippen molar-refractivity contribution in [1.82, 2.24) is 5.32 Å². The molecule has 2 unspecified atom stereocenters. The SMILES string of the molecule is CC(C)[N+]1(C2CCNCC2)CCCC(C(N)=O)C1=O. The van der Waals surface area contributed by atoms with Gasteiger partial charge in [-0.05, 0) is 26.7 Å². The van der Waals surface area contributed by atoms with Crippen LogP contribution in [0.25, 0.3) is 0 Å². The lowest BCUT2D eigenvalue weighted by atomic mass is 9.87. The van der Waals surface area contributed by atoms with Crippen LogP contribution in [-0.2, 0) is 9.59 Å². The fourth-order valence-electron chi connectivity index (χ4n) is 3.91. The quantitative estimate of drug-likeness (QED) is 0.574. The topological polar surface area (TPSA) is 72.2 Å². The molecule has 19 heavy (non-hydrogen) atoms. The van der Waals surface area contributed by atoms with Crippen molar-refractivity contribution < 1.29 is 14.1 Å². The van der Waals surface area contributed by atoms with E-state index in [9.17, 15) is 9.59 Å². The van der Waals surface area contributed by atoms with Crippen molar-refractivity contribution in [2.24, 2.45) is 11.7 Å². The van der Waals surface area contributed by atoms with Gasteiger partial charge in [0.15, 0.2) is 5.92 Å². The molecule has 0 saturated carbocycles. The zero-order chi connectivity index (χ0) is 14.0. The summed E-state index contributed by atoms with van der Waals surface area (Å²) in [5.74, 6) is -0.950. The molecule has 0 aromatic heterocycles. The summed E-state index contributed by atoms with van der Waals surface area (Å²) in [5, 5.41) is 3.35. The maximum atomic E-state index is 12.9. The summed E-state index contributed by atoms with van der Waals surface area (Å²) in [6.07, 6.45) is 3.57. The van der Waals surface area contributed by atoms with Gasteiger partial charge in [-0.25, -0.2) is 4.79 Å². The molecule has 108 valence electrons. The number of amides is 2. The fraction of sp³-hybridized carbons (Fsp3) is 0.857. The summed E-state index contributed by atoms with van der Waals surface area (Å²) in [6.45, 7) is 7.00. The minimum absolute atomic E-state index is 0.0700. The highest BCUT2D eigenvalue weighted by atomic mass is 16.2. The number of carbonyl (C=O) groups excluding carboxylic acids is 2. The first-order valence-corrected chi connectivity index (χ1v) is 7.42. The van der Waals surface area contributed by atoms with Crippen LogP contribution in [0.15, 0.2) is 0 Å². The lowest BCUT2D eigenvalue weighted by Crippen LogP contribution is -2.69. The lowest BCUT2D eigenvalue weighted by Gasteiger charge is -2.50. The van der Waals surface area contributed by atoms with Gasteiger partial charge >= 0.3 is 5.91 Å². The number of likely N-dealkylation sites (tertiary alicyclic amines) is 1. The van der Waals surface area contributed by atoms with Gasteiger partial charge in [0.25, 0.3) is 0 Å². The number of hydrogen-bond donors (Lipinski definition) is 2. The molecule has 2 rings (SSSR count). The Labute approximate surface area is 115 Å². The van der Waals surface area contributed by atoms with E-state index in [0.717, 1.165) is 38.9 Å². The van der Waals surface area contributed by atoms with Crippen molar-refractivity contribution in [2.75, 3.05) is 19.6 Å². The second-order valence-corrected chi connectivity index (χ2v) is 6.16. The molecule has 0 bridgehead atoms. The molecule has 0 spiro atoms. The molecule has 0 aromatic rings. The van der Waals surface area contributed by atoms with E-state index in [4.69, 9.17) is 5.73 Å². The normalized spacial score (nSPS) is 33.6. The van der Waals surface area contributed by atoms with Gasteiger partial charge in [0.05, 0.1) is 18.6 Å². The number of nitrogens with one attached hydrogen (secondary N) is 1. The number of primary amides is 1. The minimum atomic E-state index is -0.578. The maximum Gasteiger partial charge on any atom is 0.326 e. The van der Waals surface area contributed by atoms with Gasteiger partial charge in [-0.15, -0.1) is 0 Å². The summed E-state index contributed by atoms with van der Waals surface area (Å²) in [6, 6.07) is 0.564. The monoisotopic (exact) mass is 268 g/mol. The van der Waals surface area contributed by atoms with Gasteiger partial charge in [0, 0.05) is 25.9 Å². The van der Waals surface area contributed by atoms with Crippen molar-refractivity contribution in [3.8, 4) is 0 Å². The molecule has 2 aliphatic heterocycles. The molecule has 3 N–H and O–H groups in total. The molecule has 2 heterocycles. The van der Waals surface area contributed by atoms with Crippen LogP contribution in [0.5, 0.6) is 0 Å². The Kier molecular flexibility index (Phi) is 4.26. The first kappa shape index (κ1) is 14.5. The predicted molar refractivity (Wildman–Crippen MR) is 73.1 cm³/mol. The van der Waals surface area contributed by atoms with Gasteiger partial charge in [-0.2, -0.15) is 0 Å². The molecule has 2 aliphatic rings. The largest absolute Gasteiger partial charge is 0.369 e.